The summed E-state index contributed by atoms with van der Waals surface area (Å²) in [5.41, 5.74) is 2.13. The number of aromatic nitrogens is 1. The van der Waals surface area contributed by atoms with Crippen molar-refractivity contribution in [3.63, 3.8) is 0 Å². The van der Waals surface area contributed by atoms with Gasteiger partial charge in [-0.3, -0.25) is 23.7 Å². The van der Waals surface area contributed by atoms with Crippen LogP contribution in [0.2, 0.25) is 0 Å². The Bertz CT molecular complexity index is 1140. The Kier molecular flexibility index (Phi) is 6.28. The molecular weight excluding hydrogens is 426 g/mol. The first-order valence-electron chi connectivity index (χ1n) is 9.75. The Hall–Kier alpha value is -3.76. The number of amides is 2. The summed E-state index contributed by atoms with van der Waals surface area (Å²) in [5.74, 6) is -4.01. The smallest absolute Gasteiger partial charge is 0.307 e. The molecule has 1 unspecified atom stereocenters. The van der Waals surface area contributed by atoms with Gasteiger partial charge in [-0.1, -0.05) is 0 Å². The summed E-state index contributed by atoms with van der Waals surface area (Å²) in [6, 6.07) is 3.53. The fraction of sp³-hybridized carbons (Fsp3) is 0.333. The third-order valence-corrected chi connectivity index (χ3v) is 5.21. The van der Waals surface area contributed by atoms with Gasteiger partial charge in [0, 0.05) is 18.3 Å². The van der Waals surface area contributed by atoms with Gasteiger partial charge >= 0.3 is 5.97 Å². The number of carbonyl (C=O) groups excluding carboxylic acids is 3. The van der Waals surface area contributed by atoms with E-state index in [4.69, 9.17) is 5.73 Å². The van der Waals surface area contributed by atoms with Crippen molar-refractivity contribution in [3.05, 3.63) is 58.0 Å². The van der Waals surface area contributed by atoms with Gasteiger partial charge in [-0.05, 0) is 38.0 Å². The fourth-order valence-corrected chi connectivity index (χ4v) is 3.29. The molecule has 4 N–H and O–H groups in total. The fourth-order valence-electron chi connectivity index (χ4n) is 3.29. The van der Waals surface area contributed by atoms with Crippen molar-refractivity contribution in [1.29, 1.82) is 0 Å². The van der Waals surface area contributed by atoms with Crippen molar-refractivity contribution in [2.75, 3.05) is 18.2 Å². The zero-order valence-corrected chi connectivity index (χ0v) is 17.4. The van der Waals surface area contributed by atoms with E-state index in [9.17, 15) is 28.0 Å². The second kappa shape index (κ2) is 8.77. The van der Waals surface area contributed by atoms with Gasteiger partial charge in [0.15, 0.2) is 0 Å². The molecule has 1 saturated carbocycles. The molecule has 0 spiro atoms. The molecule has 0 aliphatic heterocycles. The number of halogens is 2. The number of hydrogen-bond donors (Lipinski definition) is 3. The number of ether oxygens (including phenoxy) is 1. The number of nitrogen functional groups attached to an aromatic ring is 1. The predicted molar refractivity (Wildman–Crippen MR) is 111 cm³/mol. The Morgan fingerprint density at radius 2 is 1.94 bits per heavy atom. The number of anilines is 2. The Morgan fingerprint density at radius 1 is 1.25 bits per heavy atom. The number of esters is 1. The molecule has 1 aliphatic rings. The molecule has 1 aromatic carbocycles. The number of nitrogens with zero attached hydrogens (tertiary/aromatic N) is 1. The van der Waals surface area contributed by atoms with Crippen LogP contribution in [-0.4, -0.2) is 35.5 Å². The summed E-state index contributed by atoms with van der Waals surface area (Å²) < 4.78 is 33.4. The first-order chi connectivity index (χ1) is 15.1. The molecule has 9 nitrogen and oxygen atoms in total. The highest BCUT2D eigenvalue weighted by Gasteiger charge is 2.52. The molecule has 1 heterocycles. The molecule has 0 radical (unpaired) electrons. The maximum absolute atomic E-state index is 14.0. The van der Waals surface area contributed by atoms with Crippen molar-refractivity contribution in [3.8, 4) is 0 Å². The van der Waals surface area contributed by atoms with Crippen LogP contribution in [0.25, 0.3) is 0 Å². The van der Waals surface area contributed by atoms with Gasteiger partial charge in [0.25, 0.3) is 11.5 Å². The summed E-state index contributed by atoms with van der Waals surface area (Å²) >= 11 is 0. The first kappa shape index (κ1) is 22.9. The molecule has 1 aromatic heterocycles. The van der Waals surface area contributed by atoms with E-state index in [0.29, 0.717) is 25.0 Å². The number of pyridine rings is 1. The van der Waals surface area contributed by atoms with Crippen LogP contribution in [0.15, 0.2) is 35.3 Å². The average molecular weight is 448 g/mol. The maximum Gasteiger partial charge on any atom is 0.307 e. The third-order valence-electron chi connectivity index (χ3n) is 5.21. The van der Waals surface area contributed by atoms with Crippen LogP contribution in [0.3, 0.4) is 0 Å². The average Bonchev–Trinajstić information content (AvgIpc) is 3.53. The standard InChI is InChI=1S/C21H22F2N4O5/c1-11(8-17(28)32-2)25-20(31)21(5-6-21)27-7-3-4-16(19(27)30)26-18(29)12-9-14(23)15(24)10-13(12)22/h3-4,7,9-11H,5-6,8,24H2,1-2H3,(H,25,31)(H,26,29). The van der Waals surface area contributed by atoms with Gasteiger partial charge in [-0.2, -0.15) is 0 Å². The van der Waals surface area contributed by atoms with E-state index in [2.05, 4.69) is 15.4 Å². The topological polar surface area (TPSA) is 133 Å². The minimum atomic E-state index is -1.17. The second-order valence-electron chi connectivity index (χ2n) is 7.59. The van der Waals surface area contributed by atoms with E-state index in [1.165, 1.54) is 30.0 Å². The Balaban J connectivity index is 1.82. The molecule has 1 aliphatic carbocycles. The van der Waals surface area contributed by atoms with Gasteiger partial charge in [0.05, 0.1) is 24.8 Å². The third kappa shape index (κ3) is 4.46. The van der Waals surface area contributed by atoms with E-state index in [-0.39, 0.29) is 12.1 Å². The molecule has 3 rings (SSSR count). The highest BCUT2D eigenvalue weighted by Crippen LogP contribution is 2.43. The number of hydrogen-bond acceptors (Lipinski definition) is 6. The summed E-state index contributed by atoms with van der Waals surface area (Å²) in [6.45, 7) is 1.63. The van der Waals surface area contributed by atoms with Crippen molar-refractivity contribution in [2.24, 2.45) is 0 Å². The maximum atomic E-state index is 14.0. The lowest BCUT2D eigenvalue weighted by Crippen LogP contribution is -2.47. The van der Waals surface area contributed by atoms with Gasteiger partial charge in [0.2, 0.25) is 5.91 Å². The Morgan fingerprint density at radius 3 is 2.56 bits per heavy atom. The number of benzene rings is 1. The van der Waals surface area contributed by atoms with Crippen LogP contribution in [0.1, 0.15) is 36.5 Å². The molecule has 0 bridgehead atoms. The lowest BCUT2D eigenvalue weighted by atomic mass is 10.1. The van der Waals surface area contributed by atoms with Crippen LogP contribution in [0.5, 0.6) is 0 Å². The van der Waals surface area contributed by atoms with Gasteiger partial charge in [-0.15, -0.1) is 0 Å². The quantitative estimate of drug-likeness (QED) is 0.435. The summed E-state index contributed by atoms with van der Waals surface area (Å²) in [5, 5.41) is 4.94. The van der Waals surface area contributed by atoms with E-state index >= 15 is 0 Å². The molecule has 2 aromatic rings. The minimum Gasteiger partial charge on any atom is -0.469 e. The number of nitrogens with two attached hydrogens (primary N) is 1. The number of methoxy groups -OCH3 is 1. The number of carbonyl (C=O) groups is 3. The van der Waals surface area contributed by atoms with Crippen molar-refractivity contribution < 1.29 is 27.9 Å². The number of rotatable bonds is 7. The van der Waals surface area contributed by atoms with E-state index in [1.807, 2.05) is 0 Å². The zero-order valence-electron chi connectivity index (χ0n) is 17.4. The van der Waals surface area contributed by atoms with Crippen LogP contribution < -0.4 is 21.9 Å². The van der Waals surface area contributed by atoms with Gasteiger partial charge in [-0.25, -0.2) is 8.78 Å². The monoisotopic (exact) mass is 448 g/mol. The molecule has 2 amide bonds. The first-order valence-corrected chi connectivity index (χ1v) is 9.75. The summed E-state index contributed by atoms with van der Waals surface area (Å²) in [4.78, 5) is 49.6. The SMILES string of the molecule is COC(=O)CC(C)NC(=O)C1(n2cccc(NC(=O)c3cc(F)c(N)cc3F)c2=O)CC1. The van der Waals surface area contributed by atoms with E-state index in [1.54, 1.807) is 6.92 Å². The largest absolute Gasteiger partial charge is 0.469 e. The minimum absolute atomic E-state index is 0.0347. The highest BCUT2D eigenvalue weighted by molar-refractivity contribution is 6.04. The summed E-state index contributed by atoms with van der Waals surface area (Å²) in [7, 11) is 1.24. The van der Waals surface area contributed by atoms with Crippen molar-refractivity contribution in [1.82, 2.24) is 9.88 Å². The lowest BCUT2D eigenvalue weighted by molar-refractivity contribution is -0.141. The lowest BCUT2D eigenvalue weighted by Gasteiger charge is -2.22. The molecule has 1 fully saturated rings. The van der Waals surface area contributed by atoms with Crippen molar-refractivity contribution in [2.45, 2.75) is 37.8 Å². The van der Waals surface area contributed by atoms with Crippen LogP contribution in [0.4, 0.5) is 20.2 Å². The van der Waals surface area contributed by atoms with E-state index in [0.717, 1.165) is 0 Å². The molecule has 1 atom stereocenters. The van der Waals surface area contributed by atoms with Crippen LogP contribution >= 0.6 is 0 Å². The van der Waals surface area contributed by atoms with E-state index < -0.39 is 57.8 Å². The predicted octanol–water partition coefficient (Wildman–Crippen LogP) is 1.52. The van der Waals surface area contributed by atoms with Gasteiger partial charge < -0.3 is 21.1 Å². The normalized spacial score (nSPS) is 14.9. The second-order valence-corrected chi connectivity index (χ2v) is 7.59. The Labute approximate surface area is 181 Å². The van der Waals surface area contributed by atoms with Crippen molar-refractivity contribution >= 4 is 29.2 Å². The molecule has 0 saturated heterocycles. The number of nitrogens with one attached hydrogen (secondary N) is 2. The molecular formula is C21H22F2N4O5. The summed E-state index contributed by atoms with van der Waals surface area (Å²) in [6.07, 6.45) is 2.11. The van der Waals surface area contributed by atoms with Crippen LogP contribution in [0, 0.1) is 11.6 Å². The molecule has 32 heavy (non-hydrogen) atoms. The van der Waals surface area contributed by atoms with Gasteiger partial charge in [0.1, 0.15) is 22.9 Å². The highest BCUT2D eigenvalue weighted by atomic mass is 19.1. The molecule has 170 valence electrons. The zero-order chi connectivity index (χ0) is 23.6. The van der Waals surface area contributed by atoms with Crippen LogP contribution in [-0.2, 0) is 19.9 Å². The molecule has 11 heteroatoms.